The van der Waals surface area contributed by atoms with Crippen molar-refractivity contribution in [2.45, 2.75) is 58.8 Å². The number of amides is 2. The van der Waals surface area contributed by atoms with Gasteiger partial charge in [-0.15, -0.1) is 0 Å². The van der Waals surface area contributed by atoms with Crippen molar-refractivity contribution in [1.29, 1.82) is 0 Å². The number of carbonyl (C=O) groups is 2. The molecule has 3 N–H and O–H groups in total. The van der Waals surface area contributed by atoms with Gasteiger partial charge in [0.1, 0.15) is 12.4 Å². The Morgan fingerprint density at radius 1 is 1.21 bits per heavy atom. The van der Waals surface area contributed by atoms with Crippen LogP contribution in [-0.2, 0) is 35.8 Å². The molecule has 9 heteroatoms. The lowest BCUT2D eigenvalue weighted by atomic mass is 9.84. The second kappa shape index (κ2) is 7.65. The molecule has 0 spiro atoms. The minimum Gasteiger partial charge on any atom is -0.384 e. The number of fused-ring (bicyclic) bond motifs is 1. The summed E-state index contributed by atoms with van der Waals surface area (Å²) in [5, 5.41) is 11.7. The number of hydrogen-bond acceptors (Lipinski definition) is 5. The highest BCUT2D eigenvalue weighted by Crippen LogP contribution is 2.29. The van der Waals surface area contributed by atoms with E-state index in [4.69, 9.17) is 5.73 Å². The quantitative estimate of drug-likeness (QED) is 0.792. The van der Waals surface area contributed by atoms with Gasteiger partial charge in [-0.3, -0.25) is 14.3 Å². The van der Waals surface area contributed by atoms with E-state index in [0.717, 1.165) is 55.9 Å². The fourth-order valence-corrected chi connectivity index (χ4v) is 3.78. The molecule has 28 heavy (non-hydrogen) atoms. The van der Waals surface area contributed by atoms with Gasteiger partial charge in [0, 0.05) is 25.1 Å². The van der Waals surface area contributed by atoms with Gasteiger partial charge < -0.3 is 16.0 Å². The molecule has 2 aromatic heterocycles. The first-order chi connectivity index (χ1) is 13.5. The zero-order chi connectivity index (χ0) is 19.7. The normalized spacial score (nSPS) is 17.0. The molecule has 0 unspecified atom stereocenters. The van der Waals surface area contributed by atoms with Crippen LogP contribution in [0.5, 0.6) is 0 Å². The molecule has 1 aliphatic carbocycles. The van der Waals surface area contributed by atoms with Gasteiger partial charge in [-0.25, -0.2) is 4.68 Å². The Morgan fingerprint density at radius 2 is 2.04 bits per heavy atom. The molecule has 150 valence electrons. The Morgan fingerprint density at radius 3 is 2.71 bits per heavy atom. The first-order valence-electron chi connectivity index (χ1n) is 9.90. The molecule has 2 aliphatic rings. The number of hydrogen-bond donors (Lipinski definition) is 2. The second-order valence-electron chi connectivity index (χ2n) is 7.74. The molecule has 0 aromatic carbocycles. The van der Waals surface area contributed by atoms with E-state index in [-0.39, 0.29) is 24.3 Å². The molecule has 0 bridgehead atoms. The molecule has 9 nitrogen and oxygen atoms in total. The third kappa shape index (κ3) is 3.88. The number of nitrogen functional groups attached to an aromatic ring is 1. The van der Waals surface area contributed by atoms with Crippen LogP contribution in [0.3, 0.4) is 0 Å². The van der Waals surface area contributed by atoms with E-state index in [1.807, 2.05) is 22.6 Å². The maximum Gasteiger partial charge on any atom is 0.242 e. The molecule has 0 saturated heterocycles. The maximum atomic E-state index is 12.6. The summed E-state index contributed by atoms with van der Waals surface area (Å²) >= 11 is 0. The molecular weight excluding hydrogens is 358 g/mol. The monoisotopic (exact) mass is 385 g/mol. The molecular formula is C19H27N7O2. The van der Waals surface area contributed by atoms with Gasteiger partial charge in [0.25, 0.3) is 0 Å². The molecule has 4 rings (SSSR count). The predicted molar refractivity (Wildman–Crippen MR) is 103 cm³/mol. The molecule has 1 saturated carbocycles. The van der Waals surface area contributed by atoms with Crippen molar-refractivity contribution in [2.75, 3.05) is 12.3 Å². The maximum absolute atomic E-state index is 12.6. The van der Waals surface area contributed by atoms with Crippen molar-refractivity contribution in [3.63, 3.8) is 0 Å². The van der Waals surface area contributed by atoms with Crippen molar-refractivity contribution in [3.8, 4) is 0 Å². The predicted octanol–water partition coefficient (Wildman–Crippen LogP) is 0.819. The van der Waals surface area contributed by atoms with E-state index in [9.17, 15) is 9.59 Å². The lowest BCUT2D eigenvalue weighted by Gasteiger charge is -2.30. The summed E-state index contributed by atoms with van der Waals surface area (Å²) in [6, 6.07) is 3.72. The summed E-state index contributed by atoms with van der Waals surface area (Å²) in [5.41, 5.74) is 8.43. The second-order valence-corrected chi connectivity index (χ2v) is 7.74. The van der Waals surface area contributed by atoms with E-state index < -0.39 is 0 Å². The highest BCUT2D eigenvalue weighted by Gasteiger charge is 2.30. The fraction of sp³-hybridized carbons (Fsp3) is 0.579. The van der Waals surface area contributed by atoms with E-state index in [1.165, 1.54) is 4.68 Å². The topological polar surface area (TPSA) is 111 Å². The van der Waals surface area contributed by atoms with Crippen LogP contribution in [0.4, 0.5) is 5.82 Å². The molecule has 2 aromatic rings. The number of carbonyl (C=O) groups excluding carboxylic acids is 2. The number of nitrogens with two attached hydrogens (primary N) is 1. The van der Waals surface area contributed by atoms with Crippen molar-refractivity contribution in [2.24, 2.45) is 5.92 Å². The Balaban J connectivity index is 1.35. The van der Waals surface area contributed by atoms with E-state index >= 15 is 0 Å². The van der Waals surface area contributed by atoms with Crippen molar-refractivity contribution < 1.29 is 9.59 Å². The summed E-state index contributed by atoms with van der Waals surface area (Å²) in [5.74, 6) is 0.798. The molecule has 0 radical (unpaired) electrons. The summed E-state index contributed by atoms with van der Waals surface area (Å²) < 4.78 is 3.45. The molecule has 1 aliphatic heterocycles. The van der Waals surface area contributed by atoms with Gasteiger partial charge in [0.15, 0.2) is 0 Å². The highest BCUT2D eigenvalue weighted by molar-refractivity contribution is 5.79. The lowest BCUT2D eigenvalue weighted by Crippen LogP contribution is -2.38. The van der Waals surface area contributed by atoms with Gasteiger partial charge in [0.2, 0.25) is 11.8 Å². The first-order valence-corrected chi connectivity index (χ1v) is 9.90. The van der Waals surface area contributed by atoms with Crippen molar-refractivity contribution in [3.05, 3.63) is 29.2 Å². The van der Waals surface area contributed by atoms with E-state index in [0.29, 0.717) is 18.9 Å². The Hall–Kier alpha value is -2.84. The highest BCUT2D eigenvalue weighted by atomic mass is 16.2. The number of nitrogens with zero attached hydrogens (tertiary/aromatic N) is 5. The van der Waals surface area contributed by atoms with Crippen LogP contribution in [0.15, 0.2) is 12.1 Å². The lowest BCUT2D eigenvalue weighted by molar-refractivity contribution is -0.138. The third-order valence-corrected chi connectivity index (χ3v) is 5.52. The molecule has 1 fully saturated rings. The average molecular weight is 385 g/mol. The van der Waals surface area contributed by atoms with Crippen LogP contribution in [-0.4, -0.2) is 42.8 Å². The van der Waals surface area contributed by atoms with E-state index in [1.54, 1.807) is 6.07 Å². The average Bonchev–Trinajstić information content (AvgIpc) is 3.06. The minimum atomic E-state index is -0.167. The van der Waals surface area contributed by atoms with Crippen LogP contribution in [0, 0.1) is 12.8 Å². The summed E-state index contributed by atoms with van der Waals surface area (Å²) in [6.07, 6.45) is 4.10. The third-order valence-electron chi connectivity index (χ3n) is 5.52. The van der Waals surface area contributed by atoms with Crippen molar-refractivity contribution in [1.82, 2.24) is 29.8 Å². The zero-order valence-corrected chi connectivity index (χ0v) is 16.2. The Bertz CT molecular complexity index is 881. The van der Waals surface area contributed by atoms with Crippen LogP contribution in [0.2, 0.25) is 0 Å². The summed E-state index contributed by atoms with van der Waals surface area (Å²) in [4.78, 5) is 26.7. The Kier molecular flexibility index (Phi) is 5.06. The first kappa shape index (κ1) is 18.5. The van der Waals surface area contributed by atoms with Crippen LogP contribution in [0.1, 0.15) is 42.8 Å². The zero-order valence-electron chi connectivity index (χ0n) is 16.2. The largest absolute Gasteiger partial charge is 0.384 e. The number of aryl methyl sites for hydroxylation is 2. The molecule has 0 atom stereocenters. The smallest absolute Gasteiger partial charge is 0.242 e. The number of anilines is 1. The van der Waals surface area contributed by atoms with Gasteiger partial charge in [0.05, 0.1) is 30.2 Å². The number of aromatic nitrogens is 4. The standard InChI is InChI=1S/C19H27N7O2/c1-13-8-17(20)26(22-13)12-18(27)21-10-15-9-16-11-24(6-3-7-25(16)23-15)19(28)14-4-2-5-14/h8-9,14H,2-7,10-12,20H2,1H3,(H,21,27). The molecule has 2 amide bonds. The van der Waals surface area contributed by atoms with Crippen LogP contribution < -0.4 is 11.1 Å². The van der Waals surface area contributed by atoms with Crippen LogP contribution >= 0.6 is 0 Å². The molecule has 3 heterocycles. The summed E-state index contributed by atoms with van der Waals surface area (Å²) in [6.45, 7) is 4.43. The fourth-order valence-electron chi connectivity index (χ4n) is 3.78. The van der Waals surface area contributed by atoms with Gasteiger partial charge >= 0.3 is 0 Å². The van der Waals surface area contributed by atoms with Gasteiger partial charge in [-0.05, 0) is 32.3 Å². The number of rotatable bonds is 5. The SMILES string of the molecule is Cc1cc(N)n(CC(=O)NCc2cc3n(n2)CCCN(C(=O)C2CCC2)C3)n1. The Labute approximate surface area is 163 Å². The van der Waals surface area contributed by atoms with Gasteiger partial charge in [-0.1, -0.05) is 6.42 Å². The van der Waals surface area contributed by atoms with Crippen molar-refractivity contribution >= 4 is 17.6 Å². The number of nitrogens with one attached hydrogen (secondary N) is 1. The van der Waals surface area contributed by atoms with Crippen LogP contribution in [0.25, 0.3) is 0 Å². The minimum absolute atomic E-state index is 0.0803. The van der Waals surface area contributed by atoms with E-state index in [2.05, 4.69) is 15.5 Å². The van der Waals surface area contributed by atoms with Gasteiger partial charge in [-0.2, -0.15) is 10.2 Å². The summed E-state index contributed by atoms with van der Waals surface area (Å²) in [7, 11) is 0.